The van der Waals surface area contributed by atoms with E-state index in [1.54, 1.807) is 56.3 Å². The van der Waals surface area contributed by atoms with Crippen molar-refractivity contribution in [3.05, 3.63) is 53.1 Å². The van der Waals surface area contributed by atoms with Crippen LogP contribution in [0.4, 0.5) is 11.4 Å². The maximum atomic E-state index is 12.1. The molecule has 152 valence electrons. The summed E-state index contributed by atoms with van der Waals surface area (Å²) in [6, 6.07) is 11.7. The summed E-state index contributed by atoms with van der Waals surface area (Å²) in [6.45, 7) is 3.35. The van der Waals surface area contributed by atoms with Crippen molar-refractivity contribution in [2.75, 3.05) is 17.7 Å². The van der Waals surface area contributed by atoms with E-state index in [4.69, 9.17) is 16.3 Å². The van der Waals surface area contributed by atoms with Crippen LogP contribution in [-0.4, -0.2) is 30.5 Å². The van der Waals surface area contributed by atoms with E-state index in [0.29, 0.717) is 27.9 Å². The van der Waals surface area contributed by atoms with Gasteiger partial charge in [-0.15, -0.1) is 0 Å². The first-order valence-corrected chi connectivity index (χ1v) is 9.01. The van der Waals surface area contributed by atoms with Crippen LogP contribution in [0.3, 0.4) is 0 Å². The molecular formula is C20H21ClN4O4. The van der Waals surface area contributed by atoms with Crippen LogP contribution in [0.2, 0.25) is 5.02 Å². The zero-order valence-corrected chi connectivity index (χ0v) is 17.0. The zero-order chi connectivity index (χ0) is 21.4. The number of rotatable bonds is 6. The van der Waals surface area contributed by atoms with Crippen LogP contribution in [-0.2, 0) is 14.4 Å². The molecule has 0 saturated carbocycles. The highest BCUT2D eigenvalue weighted by atomic mass is 35.5. The second-order valence-electron chi connectivity index (χ2n) is 6.11. The van der Waals surface area contributed by atoms with Crippen molar-refractivity contribution in [2.24, 2.45) is 5.10 Å². The standard InChI is InChI=1S/C20H21ClN4O4/c1-12(11-18(26)23-17-6-4-5-16(21)13(17)2)24-25-20(28)19(27)22-14-7-9-15(29-3)10-8-14/h4-10H,11H2,1-3H3,(H,22,27)(H,23,26)(H,25,28). The third kappa shape index (κ3) is 6.62. The highest BCUT2D eigenvalue weighted by Gasteiger charge is 2.14. The van der Waals surface area contributed by atoms with Crippen molar-refractivity contribution in [3.63, 3.8) is 0 Å². The van der Waals surface area contributed by atoms with Gasteiger partial charge in [-0.3, -0.25) is 14.4 Å². The van der Waals surface area contributed by atoms with Gasteiger partial charge in [0.15, 0.2) is 0 Å². The van der Waals surface area contributed by atoms with E-state index in [9.17, 15) is 14.4 Å². The predicted octanol–water partition coefficient (Wildman–Crippen LogP) is 3.12. The number of carbonyl (C=O) groups is 3. The number of amides is 3. The Balaban J connectivity index is 1.85. The fraction of sp³-hybridized carbons (Fsp3) is 0.200. The molecule has 0 aliphatic carbocycles. The number of nitrogens with zero attached hydrogens (tertiary/aromatic N) is 1. The highest BCUT2D eigenvalue weighted by molar-refractivity contribution is 6.39. The van der Waals surface area contributed by atoms with Crippen LogP contribution in [0.1, 0.15) is 18.9 Å². The molecule has 2 rings (SSSR count). The maximum absolute atomic E-state index is 12.1. The minimum Gasteiger partial charge on any atom is -0.497 e. The molecule has 0 saturated heterocycles. The second kappa shape index (κ2) is 10.2. The average Bonchev–Trinajstić information content (AvgIpc) is 2.70. The van der Waals surface area contributed by atoms with Gasteiger partial charge in [-0.05, 0) is 55.8 Å². The topological polar surface area (TPSA) is 109 Å². The molecule has 8 nitrogen and oxygen atoms in total. The normalized spacial score (nSPS) is 10.8. The van der Waals surface area contributed by atoms with E-state index in [2.05, 4.69) is 21.2 Å². The molecule has 0 fully saturated rings. The summed E-state index contributed by atoms with van der Waals surface area (Å²) < 4.78 is 5.02. The molecule has 3 amide bonds. The molecule has 0 aliphatic rings. The monoisotopic (exact) mass is 416 g/mol. The Bertz CT molecular complexity index is 942. The van der Waals surface area contributed by atoms with Crippen molar-refractivity contribution in [1.29, 1.82) is 0 Å². The number of benzene rings is 2. The number of carbonyl (C=O) groups excluding carboxylic acids is 3. The Morgan fingerprint density at radius 3 is 2.38 bits per heavy atom. The first-order chi connectivity index (χ1) is 13.8. The molecule has 0 radical (unpaired) electrons. The summed E-state index contributed by atoms with van der Waals surface area (Å²) in [5.74, 6) is -1.54. The van der Waals surface area contributed by atoms with Gasteiger partial charge in [0, 0.05) is 22.1 Å². The van der Waals surface area contributed by atoms with E-state index in [1.807, 2.05) is 0 Å². The first kappa shape index (κ1) is 21.9. The molecule has 29 heavy (non-hydrogen) atoms. The molecule has 0 unspecified atom stereocenters. The van der Waals surface area contributed by atoms with Gasteiger partial charge in [0.25, 0.3) is 0 Å². The van der Waals surface area contributed by atoms with Crippen molar-refractivity contribution >= 4 is 46.4 Å². The molecule has 0 spiro atoms. The van der Waals surface area contributed by atoms with Gasteiger partial charge in [-0.2, -0.15) is 5.10 Å². The van der Waals surface area contributed by atoms with Gasteiger partial charge >= 0.3 is 11.8 Å². The number of ether oxygens (including phenoxy) is 1. The SMILES string of the molecule is COc1ccc(NC(=O)C(=O)NN=C(C)CC(=O)Nc2cccc(Cl)c2C)cc1. The number of hydrogen-bond donors (Lipinski definition) is 3. The fourth-order valence-corrected chi connectivity index (χ4v) is 2.44. The summed E-state index contributed by atoms with van der Waals surface area (Å²) in [4.78, 5) is 35.9. The van der Waals surface area contributed by atoms with Gasteiger partial charge in [0.2, 0.25) is 5.91 Å². The molecule has 3 N–H and O–H groups in total. The Morgan fingerprint density at radius 2 is 1.72 bits per heavy atom. The predicted molar refractivity (Wildman–Crippen MR) is 112 cm³/mol. The maximum Gasteiger partial charge on any atom is 0.329 e. The lowest BCUT2D eigenvalue weighted by molar-refractivity contribution is -0.136. The lowest BCUT2D eigenvalue weighted by Crippen LogP contribution is -2.33. The van der Waals surface area contributed by atoms with Crippen LogP contribution in [0.15, 0.2) is 47.6 Å². The molecule has 0 aliphatic heterocycles. The number of methoxy groups -OCH3 is 1. The number of hydrazone groups is 1. The van der Waals surface area contributed by atoms with Gasteiger partial charge in [0.1, 0.15) is 5.75 Å². The summed E-state index contributed by atoms with van der Waals surface area (Å²) >= 11 is 6.02. The minimum absolute atomic E-state index is 0.0632. The average molecular weight is 417 g/mol. The Kier molecular flexibility index (Phi) is 7.73. The van der Waals surface area contributed by atoms with E-state index in [1.165, 1.54) is 7.11 Å². The van der Waals surface area contributed by atoms with Crippen molar-refractivity contribution in [3.8, 4) is 5.75 Å². The smallest absolute Gasteiger partial charge is 0.329 e. The van der Waals surface area contributed by atoms with Gasteiger partial charge in [-0.1, -0.05) is 17.7 Å². The number of halogens is 1. The number of hydrogen-bond acceptors (Lipinski definition) is 5. The molecule has 0 atom stereocenters. The zero-order valence-electron chi connectivity index (χ0n) is 16.2. The van der Waals surface area contributed by atoms with E-state index in [0.717, 1.165) is 5.56 Å². The van der Waals surface area contributed by atoms with E-state index >= 15 is 0 Å². The Hall–Kier alpha value is -3.39. The lowest BCUT2D eigenvalue weighted by atomic mass is 10.2. The van der Waals surface area contributed by atoms with Gasteiger partial charge in [0.05, 0.1) is 13.5 Å². The van der Waals surface area contributed by atoms with Crippen molar-refractivity contribution in [1.82, 2.24) is 5.43 Å². The summed E-state index contributed by atoms with van der Waals surface area (Å²) in [7, 11) is 1.53. The molecule has 0 heterocycles. The first-order valence-electron chi connectivity index (χ1n) is 8.63. The fourth-order valence-electron chi connectivity index (χ4n) is 2.27. The van der Waals surface area contributed by atoms with E-state index in [-0.39, 0.29) is 12.3 Å². The second-order valence-corrected chi connectivity index (χ2v) is 6.52. The molecule has 2 aromatic carbocycles. The summed E-state index contributed by atoms with van der Waals surface area (Å²) in [5.41, 5.74) is 4.23. The van der Waals surface area contributed by atoms with Crippen LogP contribution < -0.4 is 20.8 Å². The van der Waals surface area contributed by atoms with Crippen molar-refractivity contribution < 1.29 is 19.1 Å². The number of anilines is 2. The summed E-state index contributed by atoms with van der Waals surface area (Å²) in [5, 5.41) is 9.49. The third-order valence-electron chi connectivity index (χ3n) is 3.86. The van der Waals surface area contributed by atoms with Gasteiger partial charge < -0.3 is 15.4 Å². The molecule has 9 heteroatoms. The van der Waals surface area contributed by atoms with Crippen LogP contribution >= 0.6 is 11.6 Å². The minimum atomic E-state index is -0.953. The molecule has 0 bridgehead atoms. The Labute approximate surface area is 173 Å². The summed E-state index contributed by atoms with van der Waals surface area (Å²) in [6.07, 6.45) is -0.0632. The van der Waals surface area contributed by atoms with Crippen LogP contribution in [0.5, 0.6) is 5.75 Å². The molecule has 0 aromatic heterocycles. The molecular weight excluding hydrogens is 396 g/mol. The Morgan fingerprint density at radius 1 is 1.03 bits per heavy atom. The van der Waals surface area contributed by atoms with Crippen LogP contribution in [0, 0.1) is 6.92 Å². The van der Waals surface area contributed by atoms with E-state index < -0.39 is 11.8 Å². The highest BCUT2D eigenvalue weighted by Crippen LogP contribution is 2.23. The van der Waals surface area contributed by atoms with Gasteiger partial charge in [-0.25, -0.2) is 5.43 Å². The van der Waals surface area contributed by atoms with Crippen molar-refractivity contribution in [2.45, 2.75) is 20.3 Å². The molecule has 2 aromatic rings. The number of nitrogens with one attached hydrogen (secondary N) is 3. The third-order valence-corrected chi connectivity index (χ3v) is 4.27. The quantitative estimate of drug-likeness (QED) is 0.382. The van der Waals surface area contributed by atoms with Crippen LogP contribution in [0.25, 0.3) is 0 Å². The largest absolute Gasteiger partial charge is 0.497 e. The lowest BCUT2D eigenvalue weighted by Gasteiger charge is -2.09.